The van der Waals surface area contributed by atoms with Crippen molar-refractivity contribution in [3.63, 3.8) is 0 Å². The van der Waals surface area contributed by atoms with Crippen LogP contribution in [-0.4, -0.2) is 47.0 Å². The van der Waals surface area contributed by atoms with Crippen LogP contribution in [0.15, 0.2) is 0 Å². The Morgan fingerprint density at radius 1 is 0.560 bits per heavy atom. The summed E-state index contributed by atoms with van der Waals surface area (Å²) in [6.45, 7) is 32.8. The summed E-state index contributed by atoms with van der Waals surface area (Å²) in [7, 11) is -1.16. The molecule has 0 fully saturated rings. The summed E-state index contributed by atoms with van der Waals surface area (Å²) in [4.78, 5) is 30.0. The molecule has 25 heavy (non-hydrogen) atoms. The summed E-state index contributed by atoms with van der Waals surface area (Å²) >= 11 is 0. The van der Waals surface area contributed by atoms with Gasteiger partial charge in [-0.2, -0.15) is 0 Å². The second-order valence-electron chi connectivity index (χ2n) is 5.29. The molecule has 0 atom stereocenters. The predicted molar refractivity (Wildman–Crippen MR) is 92.1 cm³/mol. The van der Waals surface area contributed by atoms with E-state index in [0.29, 0.717) is 37.6 Å². The van der Waals surface area contributed by atoms with Gasteiger partial charge in [0.15, 0.2) is 0 Å². The molecule has 0 aromatic heterocycles. The SMILES string of the molecule is CC(C)COP(OCC(C)C)OCC(C)C.[C]=O.[C]=O.[C]=O.[C]=O.[Ru]. The average molecular weight is 463 g/mol. The molecule has 0 aromatic carbocycles. The van der Waals surface area contributed by atoms with Gasteiger partial charge in [0.05, 0.1) is 19.8 Å². The van der Waals surface area contributed by atoms with Gasteiger partial charge in [-0.3, -0.25) is 19.2 Å². The largest absolute Gasteiger partial charge is 0.332 e. The fourth-order valence-corrected chi connectivity index (χ4v) is 2.22. The Balaban J connectivity index is -0.0000000874. The zero-order valence-electron chi connectivity index (χ0n) is 15.5. The first-order chi connectivity index (χ1) is 11.4. The van der Waals surface area contributed by atoms with Gasteiger partial charge in [-0.1, -0.05) is 41.5 Å². The van der Waals surface area contributed by atoms with Crippen molar-refractivity contribution in [1.82, 2.24) is 0 Å². The minimum atomic E-state index is -1.16. The molecule has 0 heterocycles. The van der Waals surface area contributed by atoms with E-state index in [2.05, 4.69) is 68.7 Å². The Bertz CT molecular complexity index is 186. The van der Waals surface area contributed by atoms with Crippen molar-refractivity contribution in [2.45, 2.75) is 41.5 Å². The minimum Gasteiger partial charge on any atom is -0.312 e. The van der Waals surface area contributed by atoms with Crippen LogP contribution in [0, 0.1) is 17.8 Å². The number of rotatable bonds is 9. The van der Waals surface area contributed by atoms with Crippen molar-refractivity contribution < 1.29 is 52.2 Å². The van der Waals surface area contributed by atoms with Gasteiger partial charge in [-0.25, -0.2) is 0 Å². The van der Waals surface area contributed by atoms with Crippen LogP contribution in [0.2, 0.25) is 0 Å². The Kier molecular flexibility index (Phi) is 61.7. The zero-order chi connectivity index (χ0) is 20.6. The van der Waals surface area contributed by atoms with Crippen LogP contribution in [0.5, 0.6) is 0 Å². The standard InChI is InChI=1S/C12H27O3P.4CO.Ru/c1-10(2)7-13-16(14-8-11(3)4)15-9-12(5)6;4*1-2;/h10-12H,7-9H2,1-6H3;;;;;. The van der Waals surface area contributed by atoms with E-state index in [1.165, 1.54) is 0 Å². The maximum Gasteiger partial charge on any atom is 0.332 e. The average Bonchev–Trinajstić information content (AvgIpc) is 2.60. The molecule has 0 spiro atoms. The maximum absolute atomic E-state index is 7.50. The molecular weight excluding hydrogens is 436 g/mol. The van der Waals surface area contributed by atoms with Crippen LogP contribution < -0.4 is 0 Å². The third-order valence-electron chi connectivity index (χ3n) is 1.54. The molecule has 146 valence electrons. The monoisotopic (exact) mass is 464 g/mol. The molecule has 0 amide bonds. The van der Waals surface area contributed by atoms with Crippen LogP contribution in [0.1, 0.15) is 41.5 Å². The van der Waals surface area contributed by atoms with Crippen molar-refractivity contribution in [2.24, 2.45) is 17.8 Å². The summed E-state index contributed by atoms with van der Waals surface area (Å²) in [6, 6.07) is 0. The molecule has 0 aliphatic carbocycles. The van der Waals surface area contributed by atoms with E-state index < -0.39 is 8.60 Å². The number of carbonyl (C=O) groups excluding carboxylic acids is 4. The van der Waals surface area contributed by atoms with Crippen LogP contribution in [-0.2, 0) is 52.2 Å². The second-order valence-corrected chi connectivity index (χ2v) is 6.51. The first-order valence-corrected chi connectivity index (χ1v) is 8.01. The number of hydrogen-bond donors (Lipinski definition) is 0. The summed E-state index contributed by atoms with van der Waals surface area (Å²) < 4.78 is 16.9. The van der Waals surface area contributed by atoms with E-state index in [9.17, 15) is 0 Å². The number of hydrogen-bond acceptors (Lipinski definition) is 7. The topological polar surface area (TPSA) is 96.0 Å². The molecule has 0 saturated heterocycles. The van der Waals surface area contributed by atoms with Crippen LogP contribution in [0.3, 0.4) is 0 Å². The van der Waals surface area contributed by atoms with Crippen molar-refractivity contribution in [3.8, 4) is 0 Å². The van der Waals surface area contributed by atoms with Gasteiger partial charge in [-0.05, 0) is 17.8 Å². The van der Waals surface area contributed by atoms with E-state index in [4.69, 9.17) is 32.7 Å². The smallest absolute Gasteiger partial charge is 0.312 e. The van der Waals surface area contributed by atoms with E-state index >= 15 is 0 Å². The van der Waals surface area contributed by atoms with Gasteiger partial charge >= 0.3 is 8.60 Å². The van der Waals surface area contributed by atoms with Crippen molar-refractivity contribution in [1.29, 1.82) is 0 Å². The first-order valence-electron chi connectivity index (χ1n) is 6.92. The quantitative estimate of drug-likeness (QED) is 0.383. The zero-order valence-corrected chi connectivity index (χ0v) is 18.1. The van der Waals surface area contributed by atoms with Gasteiger partial charge in [-0.15, -0.1) is 0 Å². The van der Waals surface area contributed by atoms with Crippen LogP contribution >= 0.6 is 8.60 Å². The molecule has 7 nitrogen and oxygen atoms in total. The van der Waals surface area contributed by atoms with Gasteiger partial charge in [0.1, 0.15) is 0 Å². The molecule has 0 aromatic rings. The molecule has 0 bridgehead atoms. The maximum atomic E-state index is 7.50. The van der Waals surface area contributed by atoms with Gasteiger partial charge in [0.2, 0.25) is 0 Å². The molecule has 0 rings (SSSR count). The Morgan fingerprint density at radius 3 is 0.840 bits per heavy atom. The molecule has 0 saturated carbocycles. The Morgan fingerprint density at radius 2 is 0.720 bits per heavy atom. The van der Waals surface area contributed by atoms with Crippen molar-refractivity contribution in [3.05, 3.63) is 0 Å². The summed E-state index contributed by atoms with van der Waals surface area (Å²) in [6.07, 6.45) is 0. The predicted octanol–water partition coefficient (Wildman–Crippen LogP) is 2.64. The second kappa shape index (κ2) is 38.9. The summed E-state index contributed by atoms with van der Waals surface area (Å²) in [5, 5.41) is 0. The van der Waals surface area contributed by atoms with E-state index in [-0.39, 0.29) is 19.5 Å². The Hall–Kier alpha value is -0.387. The Labute approximate surface area is 167 Å². The molecule has 0 N–H and O–H groups in total. The van der Waals surface area contributed by atoms with Gasteiger partial charge in [0, 0.05) is 19.5 Å². The summed E-state index contributed by atoms with van der Waals surface area (Å²) in [5.74, 6) is 1.53. The first kappa shape index (κ1) is 39.6. The third kappa shape index (κ3) is 51.7. The van der Waals surface area contributed by atoms with E-state index in [1.807, 2.05) is 0 Å². The molecule has 0 aliphatic rings. The van der Waals surface area contributed by atoms with Crippen LogP contribution in [0.4, 0.5) is 0 Å². The molecule has 0 aliphatic heterocycles. The van der Waals surface area contributed by atoms with Crippen molar-refractivity contribution in [2.75, 3.05) is 19.8 Å². The van der Waals surface area contributed by atoms with Crippen LogP contribution in [0.25, 0.3) is 0 Å². The van der Waals surface area contributed by atoms with Crippen molar-refractivity contribution >= 4 is 35.8 Å². The fraction of sp³-hybridized carbons (Fsp3) is 0.750. The molecule has 8 radical (unpaired) electrons. The minimum absolute atomic E-state index is 0. The normalized spacial score (nSPS) is 8.56. The molecule has 9 heteroatoms. The van der Waals surface area contributed by atoms with E-state index in [1.54, 1.807) is 0 Å². The molecular formula is C16H27O7PRu. The van der Waals surface area contributed by atoms with Gasteiger partial charge < -0.3 is 13.6 Å². The van der Waals surface area contributed by atoms with E-state index in [0.717, 1.165) is 0 Å². The third-order valence-corrected chi connectivity index (χ3v) is 2.62. The van der Waals surface area contributed by atoms with Gasteiger partial charge in [0.25, 0.3) is 27.2 Å². The fourth-order valence-electron chi connectivity index (χ4n) is 0.742. The summed E-state index contributed by atoms with van der Waals surface area (Å²) in [5.41, 5.74) is 0. The molecule has 0 unspecified atom stereocenters.